The summed E-state index contributed by atoms with van der Waals surface area (Å²) in [4.78, 5) is 0. The Kier molecular flexibility index (Phi) is 3.12. The first-order valence-corrected chi connectivity index (χ1v) is 6.04. The molecular weight excluding hydrogens is 240 g/mol. The second-order valence-corrected chi connectivity index (χ2v) is 4.88. The van der Waals surface area contributed by atoms with Crippen molar-refractivity contribution in [3.05, 3.63) is 29.8 Å². The number of halogens is 1. The van der Waals surface area contributed by atoms with Crippen LogP contribution in [0, 0.1) is 12.8 Å². The first-order chi connectivity index (χ1) is 6.75. The maximum Gasteiger partial charge on any atom is 0.156 e. The van der Waals surface area contributed by atoms with Crippen LogP contribution in [0.25, 0.3) is 0 Å². The predicted molar refractivity (Wildman–Crippen MR) is 61.9 cm³/mol. The van der Waals surface area contributed by atoms with Crippen molar-refractivity contribution in [2.75, 3.05) is 0 Å². The molecule has 0 amide bonds. The van der Waals surface area contributed by atoms with Crippen molar-refractivity contribution < 1.29 is 4.74 Å². The first kappa shape index (κ1) is 10.0. The lowest BCUT2D eigenvalue weighted by Crippen LogP contribution is -2.26. The molecule has 0 aromatic heterocycles. The summed E-state index contributed by atoms with van der Waals surface area (Å²) in [5.74, 6) is 1.67. The molecule has 0 N–H and O–H groups in total. The Bertz CT molecular complexity index is 290. The predicted octanol–water partition coefficient (Wildman–Crippen LogP) is 3.89. The molecule has 1 atom stereocenters. The van der Waals surface area contributed by atoms with Crippen molar-refractivity contribution in [1.29, 1.82) is 0 Å². The smallest absolute Gasteiger partial charge is 0.156 e. The molecule has 0 saturated heterocycles. The molecule has 14 heavy (non-hydrogen) atoms. The van der Waals surface area contributed by atoms with E-state index in [9.17, 15) is 0 Å². The van der Waals surface area contributed by atoms with Crippen LogP contribution in [0.2, 0.25) is 0 Å². The molecular formula is C12H15BrO. The molecule has 0 spiro atoms. The second-order valence-electron chi connectivity index (χ2n) is 3.97. The fourth-order valence-corrected chi connectivity index (χ4v) is 2.29. The lowest BCUT2D eigenvalue weighted by atomic mass is 9.86. The molecule has 1 nitrogen and oxygen atoms in total. The van der Waals surface area contributed by atoms with Gasteiger partial charge in [-0.3, -0.25) is 0 Å². The van der Waals surface area contributed by atoms with Gasteiger partial charge in [-0.25, -0.2) is 0 Å². The summed E-state index contributed by atoms with van der Waals surface area (Å²) >= 11 is 3.59. The molecule has 1 unspecified atom stereocenters. The molecule has 2 heteroatoms. The van der Waals surface area contributed by atoms with Crippen LogP contribution < -0.4 is 4.74 Å². The topological polar surface area (TPSA) is 9.23 Å². The number of aryl methyl sites for hydroxylation is 1. The van der Waals surface area contributed by atoms with E-state index in [1.807, 2.05) is 12.1 Å². The summed E-state index contributed by atoms with van der Waals surface area (Å²) in [6.07, 6.45) is 3.94. The Labute approximate surface area is 93.6 Å². The zero-order valence-electron chi connectivity index (χ0n) is 8.37. The fraction of sp³-hybridized carbons (Fsp3) is 0.500. The van der Waals surface area contributed by atoms with Crippen molar-refractivity contribution in [3.8, 4) is 5.75 Å². The lowest BCUT2D eigenvalue weighted by Gasteiger charge is -2.30. The average Bonchev–Trinajstić information content (AvgIpc) is 2.06. The third kappa shape index (κ3) is 2.30. The number of ether oxygens (including phenoxy) is 1. The Morgan fingerprint density at radius 2 is 1.93 bits per heavy atom. The van der Waals surface area contributed by atoms with E-state index in [0.29, 0.717) is 5.92 Å². The Balaban J connectivity index is 1.92. The SMILES string of the molecule is Cc1ccc(OC(Br)C2CCC2)cc1. The molecule has 1 aliphatic carbocycles. The van der Waals surface area contributed by atoms with Gasteiger partial charge in [0, 0.05) is 5.92 Å². The van der Waals surface area contributed by atoms with Crippen molar-refractivity contribution >= 4 is 15.9 Å². The molecule has 0 aliphatic heterocycles. The van der Waals surface area contributed by atoms with Gasteiger partial charge in [-0.05, 0) is 47.8 Å². The van der Waals surface area contributed by atoms with Gasteiger partial charge in [0.25, 0.3) is 0 Å². The minimum absolute atomic E-state index is 0.193. The van der Waals surface area contributed by atoms with Gasteiger partial charge in [0.2, 0.25) is 0 Å². The van der Waals surface area contributed by atoms with Crippen LogP contribution in [0.1, 0.15) is 24.8 Å². The van der Waals surface area contributed by atoms with E-state index in [-0.39, 0.29) is 5.01 Å². The van der Waals surface area contributed by atoms with Crippen molar-refractivity contribution in [1.82, 2.24) is 0 Å². The van der Waals surface area contributed by atoms with Gasteiger partial charge in [-0.2, -0.15) is 0 Å². The third-order valence-electron chi connectivity index (χ3n) is 2.79. The first-order valence-electron chi connectivity index (χ1n) is 5.13. The van der Waals surface area contributed by atoms with Gasteiger partial charge in [0.1, 0.15) is 5.75 Å². The summed E-state index contributed by atoms with van der Waals surface area (Å²) < 4.78 is 5.79. The molecule has 0 bridgehead atoms. The number of hydrogen-bond acceptors (Lipinski definition) is 1. The van der Waals surface area contributed by atoms with Gasteiger partial charge in [0.05, 0.1) is 0 Å². The molecule has 1 aliphatic rings. The number of alkyl halides is 1. The maximum absolute atomic E-state index is 5.79. The minimum atomic E-state index is 0.193. The van der Waals surface area contributed by atoms with Crippen LogP contribution in [-0.4, -0.2) is 5.01 Å². The molecule has 1 fully saturated rings. The number of hydrogen-bond donors (Lipinski definition) is 0. The lowest BCUT2D eigenvalue weighted by molar-refractivity contribution is 0.158. The summed E-state index contributed by atoms with van der Waals surface area (Å²) in [6.45, 7) is 2.08. The Hall–Kier alpha value is -0.500. The van der Waals surface area contributed by atoms with E-state index < -0.39 is 0 Å². The van der Waals surface area contributed by atoms with Crippen molar-refractivity contribution in [2.45, 2.75) is 31.2 Å². The van der Waals surface area contributed by atoms with Crippen molar-refractivity contribution in [3.63, 3.8) is 0 Å². The summed E-state index contributed by atoms with van der Waals surface area (Å²) in [7, 11) is 0. The number of benzene rings is 1. The molecule has 1 saturated carbocycles. The van der Waals surface area contributed by atoms with Gasteiger partial charge in [0.15, 0.2) is 5.01 Å². The standard InChI is InChI=1S/C12H15BrO/c1-9-5-7-11(8-6-9)14-12(13)10-3-2-4-10/h5-8,10,12H,2-4H2,1H3. The molecule has 0 heterocycles. The van der Waals surface area contributed by atoms with Crippen LogP contribution in [0.15, 0.2) is 24.3 Å². The Morgan fingerprint density at radius 1 is 1.29 bits per heavy atom. The minimum Gasteiger partial charge on any atom is -0.479 e. The van der Waals surface area contributed by atoms with Gasteiger partial charge < -0.3 is 4.74 Å². The molecule has 0 radical (unpaired) electrons. The van der Waals surface area contributed by atoms with E-state index in [4.69, 9.17) is 4.74 Å². The van der Waals surface area contributed by atoms with Crippen molar-refractivity contribution in [2.24, 2.45) is 5.92 Å². The van der Waals surface area contributed by atoms with Crippen LogP contribution in [0.5, 0.6) is 5.75 Å². The van der Waals surface area contributed by atoms with Crippen LogP contribution in [-0.2, 0) is 0 Å². The quantitative estimate of drug-likeness (QED) is 0.744. The zero-order chi connectivity index (χ0) is 9.97. The summed E-state index contributed by atoms with van der Waals surface area (Å²) in [6, 6.07) is 8.22. The highest BCUT2D eigenvalue weighted by atomic mass is 79.9. The van der Waals surface area contributed by atoms with Crippen LogP contribution >= 0.6 is 15.9 Å². The van der Waals surface area contributed by atoms with E-state index >= 15 is 0 Å². The van der Waals surface area contributed by atoms with E-state index in [1.54, 1.807) is 0 Å². The number of rotatable bonds is 3. The maximum atomic E-state index is 5.79. The highest BCUT2D eigenvalue weighted by Crippen LogP contribution is 2.34. The highest BCUT2D eigenvalue weighted by molar-refractivity contribution is 9.09. The normalized spacial score (nSPS) is 18.7. The van der Waals surface area contributed by atoms with Gasteiger partial charge in [-0.1, -0.05) is 24.1 Å². The van der Waals surface area contributed by atoms with Crippen LogP contribution in [0.3, 0.4) is 0 Å². The summed E-state index contributed by atoms with van der Waals surface area (Å²) in [5, 5.41) is 0.193. The van der Waals surface area contributed by atoms with E-state index in [0.717, 1.165) is 5.75 Å². The monoisotopic (exact) mass is 254 g/mol. The molecule has 1 aromatic carbocycles. The highest BCUT2D eigenvalue weighted by Gasteiger charge is 2.26. The second kappa shape index (κ2) is 4.35. The van der Waals surface area contributed by atoms with Gasteiger partial charge >= 0.3 is 0 Å². The largest absolute Gasteiger partial charge is 0.479 e. The zero-order valence-corrected chi connectivity index (χ0v) is 9.96. The van der Waals surface area contributed by atoms with E-state index in [1.165, 1.54) is 24.8 Å². The Morgan fingerprint density at radius 3 is 2.43 bits per heavy atom. The molecule has 2 rings (SSSR count). The van der Waals surface area contributed by atoms with Crippen LogP contribution in [0.4, 0.5) is 0 Å². The molecule has 76 valence electrons. The van der Waals surface area contributed by atoms with E-state index in [2.05, 4.69) is 35.0 Å². The summed E-state index contributed by atoms with van der Waals surface area (Å²) in [5.41, 5.74) is 1.27. The fourth-order valence-electron chi connectivity index (χ4n) is 1.54. The van der Waals surface area contributed by atoms with Gasteiger partial charge in [-0.15, -0.1) is 0 Å². The molecule has 1 aromatic rings. The third-order valence-corrected chi connectivity index (χ3v) is 3.72. The average molecular weight is 255 g/mol.